The molecule has 112 valence electrons. The fourth-order valence-corrected chi connectivity index (χ4v) is 2.01. The van der Waals surface area contributed by atoms with Crippen LogP contribution >= 0.6 is 0 Å². The zero-order valence-corrected chi connectivity index (χ0v) is 10.8. The van der Waals surface area contributed by atoms with Crippen LogP contribution in [0.3, 0.4) is 0 Å². The van der Waals surface area contributed by atoms with Gasteiger partial charge in [0.05, 0.1) is 19.1 Å². The van der Waals surface area contributed by atoms with Gasteiger partial charge in [-0.2, -0.15) is 13.2 Å². The number of carbonyl (C=O) groups excluding carboxylic acids is 1. The van der Waals surface area contributed by atoms with Crippen LogP contribution in [0.1, 0.15) is 38.5 Å². The molecule has 0 heterocycles. The molecule has 0 aromatic heterocycles. The van der Waals surface area contributed by atoms with Crippen LogP contribution in [0.4, 0.5) is 13.2 Å². The summed E-state index contributed by atoms with van der Waals surface area (Å²) in [5, 5.41) is 2.41. The van der Waals surface area contributed by atoms with Gasteiger partial charge in [0, 0.05) is 19.0 Å². The molecule has 3 N–H and O–H groups in total. The third-order valence-electron chi connectivity index (χ3n) is 3.13. The number of ether oxygens (including phenoxy) is 1. The van der Waals surface area contributed by atoms with Crippen molar-refractivity contribution in [3.05, 3.63) is 0 Å². The molecular weight excluding hydrogens is 261 g/mol. The Morgan fingerprint density at radius 1 is 1.26 bits per heavy atom. The first kappa shape index (κ1) is 16.2. The van der Waals surface area contributed by atoms with E-state index >= 15 is 0 Å². The third kappa shape index (κ3) is 8.05. The van der Waals surface area contributed by atoms with Crippen LogP contribution in [0.25, 0.3) is 0 Å². The number of rotatable bonds is 6. The SMILES string of the molecule is NC1CCC(OCCNC(=O)CCC(F)(F)F)CC1. The number of nitrogens with two attached hydrogens (primary N) is 1. The largest absolute Gasteiger partial charge is 0.389 e. The van der Waals surface area contributed by atoms with Gasteiger partial charge in [-0.3, -0.25) is 4.79 Å². The number of nitrogens with one attached hydrogen (secondary N) is 1. The highest BCUT2D eigenvalue weighted by Gasteiger charge is 2.27. The molecule has 19 heavy (non-hydrogen) atoms. The van der Waals surface area contributed by atoms with E-state index in [2.05, 4.69) is 5.32 Å². The lowest BCUT2D eigenvalue weighted by atomic mass is 9.94. The lowest BCUT2D eigenvalue weighted by molar-refractivity contribution is -0.144. The number of alkyl halides is 3. The van der Waals surface area contributed by atoms with Crippen molar-refractivity contribution in [2.75, 3.05) is 13.2 Å². The van der Waals surface area contributed by atoms with E-state index in [4.69, 9.17) is 10.5 Å². The number of hydrogen-bond acceptors (Lipinski definition) is 3. The smallest absolute Gasteiger partial charge is 0.376 e. The molecule has 1 aliphatic rings. The minimum absolute atomic E-state index is 0.159. The molecule has 1 amide bonds. The highest BCUT2D eigenvalue weighted by Crippen LogP contribution is 2.21. The second-order valence-electron chi connectivity index (χ2n) is 4.87. The van der Waals surface area contributed by atoms with Gasteiger partial charge in [0.1, 0.15) is 0 Å². The zero-order valence-electron chi connectivity index (χ0n) is 10.8. The van der Waals surface area contributed by atoms with Crippen molar-refractivity contribution in [1.29, 1.82) is 0 Å². The summed E-state index contributed by atoms with van der Waals surface area (Å²) in [6.07, 6.45) is -2.05. The summed E-state index contributed by atoms with van der Waals surface area (Å²) in [4.78, 5) is 11.1. The zero-order chi connectivity index (χ0) is 14.3. The Morgan fingerprint density at radius 2 is 1.89 bits per heavy atom. The van der Waals surface area contributed by atoms with Crippen molar-refractivity contribution >= 4 is 5.91 Å². The van der Waals surface area contributed by atoms with Gasteiger partial charge in [-0.25, -0.2) is 0 Å². The van der Waals surface area contributed by atoms with Crippen molar-refractivity contribution in [3.63, 3.8) is 0 Å². The molecule has 0 bridgehead atoms. The minimum atomic E-state index is -4.28. The van der Waals surface area contributed by atoms with Crippen LogP contribution < -0.4 is 11.1 Å². The van der Waals surface area contributed by atoms with Crippen molar-refractivity contribution < 1.29 is 22.7 Å². The van der Waals surface area contributed by atoms with E-state index in [0.717, 1.165) is 25.7 Å². The van der Waals surface area contributed by atoms with Crippen LogP contribution in [0.5, 0.6) is 0 Å². The van der Waals surface area contributed by atoms with Crippen molar-refractivity contribution in [3.8, 4) is 0 Å². The summed E-state index contributed by atoms with van der Waals surface area (Å²) < 4.78 is 41.1. The topological polar surface area (TPSA) is 64.3 Å². The second kappa shape index (κ2) is 7.69. The minimum Gasteiger partial charge on any atom is -0.376 e. The maximum absolute atomic E-state index is 11.9. The molecule has 0 aromatic rings. The summed E-state index contributed by atoms with van der Waals surface area (Å²) in [5.41, 5.74) is 5.76. The Morgan fingerprint density at radius 3 is 2.47 bits per heavy atom. The molecule has 0 aliphatic heterocycles. The molecule has 0 aromatic carbocycles. The monoisotopic (exact) mass is 282 g/mol. The Kier molecular flexibility index (Phi) is 6.57. The molecule has 4 nitrogen and oxygen atoms in total. The lowest BCUT2D eigenvalue weighted by Crippen LogP contribution is -2.33. The van der Waals surface area contributed by atoms with E-state index < -0.39 is 24.9 Å². The quantitative estimate of drug-likeness (QED) is 0.729. The summed E-state index contributed by atoms with van der Waals surface area (Å²) in [6.45, 7) is 0.580. The summed E-state index contributed by atoms with van der Waals surface area (Å²) in [5.74, 6) is -0.591. The van der Waals surface area contributed by atoms with Gasteiger partial charge >= 0.3 is 6.18 Å². The Labute approximate surface area is 110 Å². The van der Waals surface area contributed by atoms with Gasteiger partial charge in [-0.05, 0) is 25.7 Å². The molecule has 1 rings (SSSR count). The number of hydrogen-bond donors (Lipinski definition) is 2. The summed E-state index contributed by atoms with van der Waals surface area (Å²) in [6, 6.07) is 0.252. The normalized spacial score (nSPS) is 24.2. The Bertz CT molecular complexity index is 277. The highest BCUT2D eigenvalue weighted by molar-refractivity contribution is 5.75. The number of amides is 1. The maximum atomic E-state index is 11.9. The fourth-order valence-electron chi connectivity index (χ4n) is 2.01. The first-order chi connectivity index (χ1) is 8.87. The molecule has 1 fully saturated rings. The van der Waals surface area contributed by atoms with E-state index in [-0.39, 0.29) is 18.7 Å². The first-order valence-corrected chi connectivity index (χ1v) is 6.57. The third-order valence-corrected chi connectivity index (χ3v) is 3.13. The molecule has 1 saturated carbocycles. The molecule has 0 unspecified atom stereocenters. The average molecular weight is 282 g/mol. The standard InChI is InChI=1S/C12H21F3N2O2/c13-12(14,15)6-5-11(18)17-7-8-19-10-3-1-9(16)2-4-10/h9-10H,1-8,16H2,(H,17,18). The molecule has 7 heteroatoms. The molecule has 1 aliphatic carbocycles. The lowest BCUT2D eigenvalue weighted by Gasteiger charge is -2.26. The fraction of sp³-hybridized carbons (Fsp3) is 0.917. The highest BCUT2D eigenvalue weighted by atomic mass is 19.4. The molecule has 0 atom stereocenters. The van der Waals surface area contributed by atoms with Gasteiger partial charge in [0.25, 0.3) is 0 Å². The summed E-state index contributed by atoms with van der Waals surface area (Å²) >= 11 is 0. The van der Waals surface area contributed by atoms with Gasteiger partial charge in [0.2, 0.25) is 5.91 Å². The van der Waals surface area contributed by atoms with E-state index in [9.17, 15) is 18.0 Å². The van der Waals surface area contributed by atoms with E-state index in [1.165, 1.54) is 0 Å². The van der Waals surface area contributed by atoms with Crippen LogP contribution in [0.15, 0.2) is 0 Å². The van der Waals surface area contributed by atoms with Crippen LogP contribution in [0, 0.1) is 0 Å². The van der Waals surface area contributed by atoms with Crippen LogP contribution in [0.2, 0.25) is 0 Å². The van der Waals surface area contributed by atoms with E-state index in [0.29, 0.717) is 6.61 Å². The predicted molar refractivity (Wildman–Crippen MR) is 64.5 cm³/mol. The number of carbonyl (C=O) groups is 1. The Hall–Kier alpha value is -0.820. The van der Waals surface area contributed by atoms with Crippen LogP contribution in [-0.4, -0.2) is 37.4 Å². The van der Waals surface area contributed by atoms with Crippen LogP contribution in [-0.2, 0) is 9.53 Å². The first-order valence-electron chi connectivity index (χ1n) is 6.57. The number of halogens is 3. The predicted octanol–water partition coefficient (Wildman–Crippen LogP) is 1.73. The average Bonchev–Trinajstić information content (AvgIpc) is 2.33. The molecule has 0 spiro atoms. The van der Waals surface area contributed by atoms with Gasteiger partial charge in [-0.15, -0.1) is 0 Å². The molecular formula is C12H21F3N2O2. The van der Waals surface area contributed by atoms with E-state index in [1.54, 1.807) is 0 Å². The maximum Gasteiger partial charge on any atom is 0.389 e. The van der Waals surface area contributed by atoms with Crippen molar-refractivity contribution in [1.82, 2.24) is 5.32 Å². The van der Waals surface area contributed by atoms with Gasteiger partial charge < -0.3 is 15.8 Å². The second-order valence-corrected chi connectivity index (χ2v) is 4.87. The Balaban J connectivity index is 2.00. The van der Waals surface area contributed by atoms with Crippen molar-refractivity contribution in [2.45, 2.75) is 56.8 Å². The van der Waals surface area contributed by atoms with Crippen molar-refractivity contribution in [2.24, 2.45) is 5.73 Å². The van der Waals surface area contributed by atoms with E-state index in [1.807, 2.05) is 0 Å². The molecule has 0 radical (unpaired) electrons. The summed E-state index contributed by atoms with van der Waals surface area (Å²) in [7, 11) is 0. The molecule has 0 saturated heterocycles. The van der Waals surface area contributed by atoms with Gasteiger partial charge in [0.15, 0.2) is 0 Å². The van der Waals surface area contributed by atoms with Gasteiger partial charge in [-0.1, -0.05) is 0 Å².